The first-order valence-electron chi connectivity index (χ1n) is 8.73. The Morgan fingerprint density at radius 3 is 2.63 bits per heavy atom. The summed E-state index contributed by atoms with van der Waals surface area (Å²) in [5, 5.41) is 12.8. The van der Waals surface area contributed by atoms with E-state index in [-0.39, 0.29) is 23.6 Å². The number of benzene rings is 1. The van der Waals surface area contributed by atoms with Crippen LogP contribution in [0, 0.1) is 5.41 Å². The van der Waals surface area contributed by atoms with Crippen molar-refractivity contribution >= 4 is 25.0 Å². The largest absolute Gasteiger partial charge is 0.547 e. The van der Waals surface area contributed by atoms with Gasteiger partial charge in [0.2, 0.25) is 12.7 Å². The summed E-state index contributed by atoms with van der Waals surface area (Å²) in [6.45, 7) is 6.26. The minimum Gasteiger partial charge on any atom is -0.534 e. The quantitative estimate of drug-likeness (QED) is 0.451. The lowest BCUT2D eigenvalue weighted by Gasteiger charge is -2.29. The lowest BCUT2D eigenvalue weighted by Crippen LogP contribution is -2.53. The molecule has 1 aromatic carbocycles. The van der Waals surface area contributed by atoms with Crippen molar-refractivity contribution in [3.63, 3.8) is 0 Å². The van der Waals surface area contributed by atoms with Crippen LogP contribution in [0.25, 0.3) is 0 Å². The molecule has 1 aliphatic heterocycles. The molecule has 0 bridgehead atoms. The number of hydrogen-bond donors (Lipinski definition) is 2. The van der Waals surface area contributed by atoms with Crippen molar-refractivity contribution in [1.82, 2.24) is 5.32 Å². The van der Waals surface area contributed by atoms with Gasteiger partial charge in [-0.15, -0.1) is 0 Å². The highest BCUT2D eigenvalue weighted by molar-refractivity contribution is 6.47. The molecule has 0 fully saturated rings. The summed E-state index contributed by atoms with van der Waals surface area (Å²) < 4.78 is 15.4. The second kappa shape index (κ2) is 8.43. The van der Waals surface area contributed by atoms with Crippen molar-refractivity contribution < 1.29 is 33.5 Å². The van der Waals surface area contributed by atoms with Crippen LogP contribution in [-0.2, 0) is 25.5 Å². The van der Waals surface area contributed by atoms with E-state index in [0.717, 1.165) is 0 Å². The fraction of sp³-hybridized carbons (Fsp3) is 0.500. The molecule has 0 saturated carbocycles. The topological polar surface area (TPSA) is 111 Å². The standard InChI is InChI=1S/C18H24BNO7/c1-5-14(21)20-13-9-11-7-6-8-12(15(11)27-19(13)24)16(22)25-10-26-17(23)18(2,3)4/h6-8,13,24H,5,9-10H2,1-4H3,(H,20,21)/t13-/m0/s1. The van der Waals surface area contributed by atoms with Crippen LogP contribution in [-0.4, -0.2) is 42.7 Å². The molecular formula is C18H24BNO7. The molecule has 0 aliphatic carbocycles. The van der Waals surface area contributed by atoms with Crippen LogP contribution in [0.1, 0.15) is 50.0 Å². The average Bonchev–Trinajstić information content (AvgIpc) is 2.60. The normalized spacial score (nSPS) is 16.0. The van der Waals surface area contributed by atoms with Gasteiger partial charge in [0.15, 0.2) is 0 Å². The fourth-order valence-corrected chi connectivity index (χ4v) is 2.45. The number of amides is 1. The highest BCUT2D eigenvalue weighted by Gasteiger charge is 2.37. The molecule has 0 saturated heterocycles. The van der Waals surface area contributed by atoms with Gasteiger partial charge in [-0.1, -0.05) is 19.1 Å². The van der Waals surface area contributed by atoms with Crippen LogP contribution < -0.4 is 9.97 Å². The highest BCUT2D eigenvalue weighted by atomic mass is 16.7. The number of carbonyl (C=O) groups is 3. The monoisotopic (exact) mass is 377 g/mol. The van der Waals surface area contributed by atoms with Gasteiger partial charge >= 0.3 is 19.1 Å². The van der Waals surface area contributed by atoms with E-state index in [1.54, 1.807) is 39.8 Å². The molecule has 1 aromatic rings. The predicted octanol–water partition coefficient (Wildman–Crippen LogP) is 1.24. The lowest BCUT2D eigenvalue weighted by atomic mass is 9.72. The Hall–Kier alpha value is -2.55. The molecule has 2 N–H and O–H groups in total. The number of para-hydroxylation sites is 1. The Kier molecular flexibility index (Phi) is 6.48. The molecule has 9 heteroatoms. The van der Waals surface area contributed by atoms with Crippen LogP contribution in [0.15, 0.2) is 18.2 Å². The van der Waals surface area contributed by atoms with Crippen LogP contribution >= 0.6 is 0 Å². The molecule has 0 aromatic heterocycles. The maximum absolute atomic E-state index is 12.3. The maximum Gasteiger partial charge on any atom is 0.547 e. The van der Waals surface area contributed by atoms with Crippen LogP contribution in [0.4, 0.5) is 0 Å². The summed E-state index contributed by atoms with van der Waals surface area (Å²) in [6.07, 6.45) is 0.595. The lowest BCUT2D eigenvalue weighted by molar-refractivity contribution is -0.161. The van der Waals surface area contributed by atoms with E-state index < -0.39 is 37.2 Å². The van der Waals surface area contributed by atoms with Crippen LogP contribution in [0.3, 0.4) is 0 Å². The zero-order chi connectivity index (χ0) is 20.2. The SMILES string of the molecule is CCC(=O)N[C@H]1Cc2cccc(C(=O)OCOC(=O)C(C)(C)C)c2OB1O. The van der Waals surface area contributed by atoms with E-state index in [9.17, 15) is 19.4 Å². The summed E-state index contributed by atoms with van der Waals surface area (Å²) in [7, 11) is -1.29. The zero-order valence-corrected chi connectivity index (χ0v) is 15.9. The Balaban J connectivity index is 2.06. The Morgan fingerprint density at radius 2 is 2.00 bits per heavy atom. The van der Waals surface area contributed by atoms with Crippen molar-refractivity contribution in [3.05, 3.63) is 29.3 Å². The Labute approximate surface area is 158 Å². The maximum atomic E-state index is 12.3. The molecule has 146 valence electrons. The molecule has 2 rings (SSSR count). The van der Waals surface area contributed by atoms with Crippen LogP contribution in [0.5, 0.6) is 5.75 Å². The van der Waals surface area contributed by atoms with Gasteiger partial charge in [-0.2, -0.15) is 0 Å². The third kappa shape index (κ3) is 5.23. The van der Waals surface area contributed by atoms with Gasteiger partial charge in [0.25, 0.3) is 0 Å². The third-order valence-corrected chi connectivity index (χ3v) is 4.00. The van der Waals surface area contributed by atoms with Gasteiger partial charge < -0.3 is 24.5 Å². The number of hydrogen-bond acceptors (Lipinski definition) is 7. The van der Waals surface area contributed by atoms with E-state index in [1.165, 1.54) is 6.07 Å². The molecule has 0 radical (unpaired) electrons. The van der Waals surface area contributed by atoms with Crippen molar-refractivity contribution in [1.29, 1.82) is 0 Å². The van der Waals surface area contributed by atoms with Gasteiger partial charge in [-0.05, 0) is 38.8 Å². The highest BCUT2D eigenvalue weighted by Crippen LogP contribution is 2.30. The Morgan fingerprint density at radius 1 is 1.30 bits per heavy atom. The minimum absolute atomic E-state index is 0.110. The molecular weight excluding hydrogens is 353 g/mol. The number of esters is 2. The third-order valence-electron chi connectivity index (χ3n) is 4.00. The van der Waals surface area contributed by atoms with Gasteiger partial charge in [-0.25, -0.2) is 4.79 Å². The smallest absolute Gasteiger partial charge is 0.534 e. The van der Waals surface area contributed by atoms with Gasteiger partial charge in [0.05, 0.1) is 11.4 Å². The fourth-order valence-electron chi connectivity index (χ4n) is 2.45. The summed E-state index contributed by atoms with van der Waals surface area (Å²) in [5.74, 6) is -1.85. The molecule has 0 unspecified atom stereocenters. The first kappa shape index (κ1) is 20.8. The minimum atomic E-state index is -1.29. The van der Waals surface area contributed by atoms with Gasteiger partial charge in [0, 0.05) is 6.42 Å². The predicted molar refractivity (Wildman–Crippen MR) is 96.8 cm³/mol. The molecule has 27 heavy (non-hydrogen) atoms. The number of nitrogens with one attached hydrogen (secondary N) is 1. The summed E-state index contributed by atoms with van der Waals surface area (Å²) >= 11 is 0. The number of fused-ring (bicyclic) bond motifs is 1. The van der Waals surface area contributed by atoms with Crippen molar-refractivity contribution in [2.24, 2.45) is 5.41 Å². The first-order chi connectivity index (χ1) is 12.6. The molecule has 1 aliphatic rings. The second-order valence-corrected chi connectivity index (χ2v) is 7.27. The first-order valence-corrected chi connectivity index (χ1v) is 8.73. The van der Waals surface area contributed by atoms with E-state index in [0.29, 0.717) is 12.0 Å². The summed E-state index contributed by atoms with van der Waals surface area (Å²) in [6, 6.07) is 4.88. The van der Waals surface area contributed by atoms with Crippen molar-refractivity contribution in [2.75, 3.05) is 6.79 Å². The molecule has 1 amide bonds. The summed E-state index contributed by atoms with van der Waals surface area (Å²) in [4.78, 5) is 35.6. The molecule has 8 nitrogen and oxygen atoms in total. The van der Waals surface area contributed by atoms with E-state index in [1.807, 2.05) is 0 Å². The Bertz CT molecular complexity index is 729. The average molecular weight is 377 g/mol. The van der Waals surface area contributed by atoms with Gasteiger partial charge in [-0.3, -0.25) is 9.59 Å². The second-order valence-electron chi connectivity index (χ2n) is 7.27. The number of carbonyl (C=O) groups excluding carboxylic acids is 3. The van der Waals surface area contributed by atoms with Crippen molar-refractivity contribution in [2.45, 2.75) is 46.5 Å². The molecule has 1 atom stereocenters. The summed E-state index contributed by atoms with van der Waals surface area (Å²) in [5.41, 5.74) is 0.0604. The van der Waals surface area contributed by atoms with E-state index >= 15 is 0 Å². The number of rotatable bonds is 5. The van der Waals surface area contributed by atoms with Gasteiger partial charge in [0.1, 0.15) is 11.3 Å². The number of ether oxygens (including phenoxy) is 2. The van der Waals surface area contributed by atoms with E-state index in [2.05, 4.69) is 5.32 Å². The zero-order valence-electron chi connectivity index (χ0n) is 15.9. The molecule has 1 heterocycles. The molecule has 0 spiro atoms. The van der Waals surface area contributed by atoms with E-state index in [4.69, 9.17) is 14.1 Å². The van der Waals surface area contributed by atoms with Crippen molar-refractivity contribution in [3.8, 4) is 5.75 Å². The van der Waals surface area contributed by atoms with Crippen LogP contribution in [0.2, 0.25) is 0 Å².